The molecule has 0 atom stereocenters. The quantitative estimate of drug-likeness (QED) is 0.389. The van der Waals surface area contributed by atoms with Crippen LogP contribution in [0.4, 0.5) is 0 Å². The van der Waals surface area contributed by atoms with E-state index in [1.54, 1.807) is 42.5 Å². The second kappa shape index (κ2) is 10.4. The van der Waals surface area contributed by atoms with E-state index in [0.29, 0.717) is 5.56 Å². The highest BCUT2D eigenvalue weighted by molar-refractivity contribution is 6.01. The van der Waals surface area contributed by atoms with Gasteiger partial charge in [0.05, 0.1) is 0 Å². The number of nitriles is 2. The van der Waals surface area contributed by atoms with Crippen molar-refractivity contribution in [2.24, 2.45) is 5.73 Å². The molecule has 1 amide bonds. The first-order chi connectivity index (χ1) is 13.5. The molecule has 1 aromatic rings. The third-order valence-electron chi connectivity index (χ3n) is 4.19. The lowest BCUT2D eigenvalue weighted by Crippen LogP contribution is -2.32. The molecule has 1 aliphatic carbocycles. The number of nitrogens with one attached hydrogen (secondary N) is 2. The van der Waals surface area contributed by atoms with E-state index in [1.165, 1.54) is 0 Å². The molecular weight excluding hydrogens is 358 g/mol. The van der Waals surface area contributed by atoms with Gasteiger partial charge in [-0.1, -0.05) is 24.6 Å². The minimum atomic E-state index is -0.725. The first kappa shape index (κ1) is 20.5. The van der Waals surface area contributed by atoms with E-state index in [-0.39, 0.29) is 23.2 Å². The number of nitrogens with zero attached hydrogens (tertiary/aromatic N) is 2. The lowest BCUT2D eigenvalue weighted by atomic mass is 9.98. The van der Waals surface area contributed by atoms with Gasteiger partial charge >= 0.3 is 5.97 Å². The summed E-state index contributed by atoms with van der Waals surface area (Å²) in [7, 11) is 0. The van der Waals surface area contributed by atoms with Crippen molar-refractivity contribution in [3.05, 3.63) is 59.2 Å². The summed E-state index contributed by atoms with van der Waals surface area (Å²) in [6.07, 6.45) is 5.49. The Labute approximate surface area is 163 Å². The van der Waals surface area contributed by atoms with E-state index in [4.69, 9.17) is 21.0 Å². The van der Waals surface area contributed by atoms with Gasteiger partial charge in [-0.3, -0.25) is 4.79 Å². The van der Waals surface area contributed by atoms with Crippen LogP contribution in [0.5, 0.6) is 0 Å². The molecule has 144 valence electrons. The summed E-state index contributed by atoms with van der Waals surface area (Å²) in [5.74, 6) is -1.23. The second-order valence-corrected chi connectivity index (χ2v) is 6.20. The Kier molecular flexibility index (Phi) is 7.62. The highest BCUT2D eigenvalue weighted by Gasteiger charge is 2.22. The number of hydrogen-bond donors (Lipinski definition) is 3. The summed E-state index contributed by atoms with van der Waals surface area (Å²) in [6.45, 7) is 0. The molecule has 0 saturated heterocycles. The predicted octanol–water partition coefficient (Wildman–Crippen LogP) is 1.94. The number of benzene rings is 1. The fourth-order valence-electron chi connectivity index (χ4n) is 2.70. The normalized spacial score (nSPS) is 15.4. The molecule has 1 fully saturated rings. The Bertz CT molecular complexity index is 856. The molecule has 1 aromatic carbocycles. The van der Waals surface area contributed by atoms with Crippen molar-refractivity contribution in [2.75, 3.05) is 0 Å². The van der Waals surface area contributed by atoms with Gasteiger partial charge in [0.25, 0.3) is 5.91 Å². The van der Waals surface area contributed by atoms with Gasteiger partial charge in [0.2, 0.25) is 0 Å². The summed E-state index contributed by atoms with van der Waals surface area (Å²) in [5, 5.41) is 22.9. The Morgan fingerprint density at radius 1 is 1.11 bits per heavy atom. The van der Waals surface area contributed by atoms with Gasteiger partial charge < -0.3 is 21.1 Å². The van der Waals surface area contributed by atoms with E-state index in [1.807, 2.05) is 0 Å². The topological polar surface area (TPSA) is 141 Å². The third kappa shape index (κ3) is 5.89. The zero-order valence-electron chi connectivity index (χ0n) is 15.3. The number of allylic oxidation sites excluding steroid dienone is 2. The van der Waals surface area contributed by atoms with Gasteiger partial charge in [-0.15, -0.1) is 0 Å². The van der Waals surface area contributed by atoms with Gasteiger partial charge in [0, 0.05) is 11.8 Å². The van der Waals surface area contributed by atoms with Gasteiger partial charge in [-0.05, 0) is 37.8 Å². The number of rotatable bonds is 6. The molecule has 0 unspecified atom stereocenters. The lowest BCUT2D eigenvalue weighted by Gasteiger charge is -2.22. The van der Waals surface area contributed by atoms with Crippen LogP contribution in [0.15, 0.2) is 53.6 Å². The molecule has 2 rings (SSSR count). The zero-order valence-corrected chi connectivity index (χ0v) is 15.3. The van der Waals surface area contributed by atoms with Crippen molar-refractivity contribution >= 4 is 11.9 Å². The first-order valence-electron chi connectivity index (χ1n) is 8.89. The average Bonchev–Trinajstić information content (AvgIpc) is 2.74. The number of esters is 1. The third-order valence-corrected chi connectivity index (χ3v) is 4.19. The minimum Gasteiger partial charge on any atom is -0.458 e. The van der Waals surface area contributed by atoms with Gasteiger partial charge in [-0.2, -0.15) is 10.5 Å². The average molecular weight is 379 g/mol. The highest BCUT2D eigenvalue weighted by atomic mass is 16.5. The van der Waals surface area contributed by atoms with Crippen molar-refractivity contribution in [3.63, 3.8) is 0 Å². The molecule has 0 heterocycles. The molecule has 0 bridgehead atoms. The van der Waals surface area contributed by atoms with Crippen LogP contribution >= 0.6 is 0 Å². The van der Waals surface area contributed by atoms with Crippen molar-refractivity contribution < 1.29 is 14.3 Å². The maximum atomic E-state index is 12.6. The molecule has 28 heavy (non-hydrogen) atoms. The van der Waals surface area contributed by atoms with E-state index < -0.39 is 11.9 Å². The molecule has 0 aromatic heterocycles. The Balaban J connectivity index is 2.20. The lowest BCUT2D eigenvalue weighted by molar-refractivity contribution is -0.146. The molecule has 0 spiro atoms. The van der Waals surface area contributed by atoms with Crippen LogP contribution in [0.25, 0.3) is 0 Å². The molecule has 4 N–H and O–H groups in total. The van der Waals surface area contributed by atoms with Gasteiger partial charge in [0.15, 0.2) is 5.70 Å². The Hall–Kier alpha value is -3.78. The van der Waals surface area contributed by atoms with E-state index in [2.05, 4.69) is 10.6 Å². The Morgan fingerprint density at radius 3 is 2.39 bits per heavy atom. The fraction of sp³-hybridized carbons (Fsp3) is 0.300. The molecule has 0 radical (unpaired) electrons. The van der Waals surface area contributed by atoms with Crippen LogP contribution in [-0.4, -0.2) is 18.0 Å². The van der Waals surface area contributed by atoms with Crippen molar-refractivity contribution in [2.45, 2.75) is 38.2 Å². The fourth-order valence-corrected chi connectivity index (χ4v) is 2.70. The first-order valence-corrected chi connectivity index (χ1v) is 8.89. The SMILES string of the molecule is N#C/C(N)=C(\C#N)N/C=C(/NC(=O)c1ccccc1)C(=O)OC1CCCCC1. The number of ether oxygens (including phenoxy) is 1. The van der Waals surface area contributed by atoms with Crippen LogP contribution in [0, 0.1) is 22.7 Å². The smallest absolute Gasteiger partial charge is 0.356 e. The zero-order chi connectivity index (χ0) is 20.4. The summed E-state index contributed by atoms with van der Waals surface area (Å²) in [6, 6.07) is 11.7. The molecule has 1 saturated carbocycles. The Morgan fingerprint density at radius 2 is 1.79 bits per heavy atom. The van der Waals surface area contributed by atoms with Gasteiger partial charge in [-0.25, -0.2) is 4.79 Å². The summed E-state index contributed by atoms with van der Waals surface area (Å²) >= 11 is 0. The molecule has 8 heteroatoms. The van der Waals surface area contributed by atoms with Crippen LogP contribution < -0.4 is 16.4 Å². The van der Waals surface area contributed by atoms with Crippen LogP contribution in [0.3, 0.4) is 0 Å². The monoisotopic (exact) mass is 379 g/mol. The number of nitrogens with two attached hydrogens (primary N) is 1. The second-order valence-electron chi connectivity index (χ2n) is 6.20. The molecule has 1 aliphatic rings. The van der Waals surface area contributed by atoms with Crippen molar-refractivity contribution in [1.82, 2.24) is 10.6 Å². The summed E-state index contributed by atoms with van der Waals surface area (Å²) < 4.78 is 5.49. The number of carbonyl (C=O) groups is 2. The summed E-state index contributed by atoms with van der Waals surface area (Å²) in [5.41, 5.74) is 5.03. The molecular formula is C20H21N5O3. The summed E-state index contributed by atoms with van der Waals surface area (Å²) in [4.78, 5) is 25.0. The van der Waals surface area contributed by atoms with E-state index in [0.717, 1.165) is 38.3 Å². The van der Waals surface area contributed by atoms with Crippen LogP contribution in [-0.2, 0) is 9.53 Å². The largest absolute Gasteiger partial charge is 0.458 e. The highest BCUT2D eigenvalue weighted by Crippen LogP contribution is 2.21. The molecule has 8 nitrogen and oxygen atoms in total. The van der Waals surface area contributed by atoms with Crippen molar-refractivity contribution in [1.29, 1.82) is 10.5 Å². The van der Waals surface area contributed by atoms with E-state index >= 15 is 0 Å². The number of carbonyl (C=O) groups excluding carboxylic acids is 2. The predicted molar refractivity (Wildman–Crippen MR) is 101 cm³/mol. The van der Waals surface area contributed by atoms with Crippen molar-refractivity contribution in [3.8, 4) is 12.1 Å². The molecule has 0 aliphatic heterocycles. The van der Waals surface area contributed by atoms with Crippen LogP contribution in [0.2, 0.25) is 0 Å². The number of amides is 1. The number of hydrogen-bond acceptors (Lipinski definition) is 7. The maximum absolute atomic E-state index is 12.6. The standard InChI is InChI=1S/C20H21N5O3/c21-11-16(23)17(12-22)24-13-18(20(27)28-15-9-5-2-6-10-15)25-19(26)14-7-3-1-4-8-14/h1,3-4,7-8,13,15,24H,2,5-6,9-10,23H2,(H,25,26)/b17-16-,18-13+. The van der Waals surface area contributed by atoms with E-state index in [9.17, 15) is 9.59 Å². The minimum absolute atomic E-state index is 0.182. The maximum Gasteiger partial charge on any atom is 0.356 e. The van der Waals surface area contributed by atoms with Crippen LogP contribution in [0.1, 0.15) is 42.5 Å². The van der Waals surface area contributed by atoms with Gasteiger partial charge in [0.1, 0.15) is 29.6 Å².